The minimum atomic E-state index is 0.694. The first kappa shape index (κ1) is 15.8. The fourth-order valence-corrected chi connectivity index (χ4v) is 2.54. The van der Waals surface area contributed by atoms with E-state index in [4.69, 9.17) is 4.98 Å². The number of hydrogen-bond donors (Lipinski definition) is 1. The largest absolute Gasteiger partial charge is 0.354 e. The van der Waals surface area contributed by atoms with Gasteiger partial charge in [-0.1, -0.05) is 13.3 Å². The van der Waals surface area contributed by atoms with Gasteiger partial charge in [0.05, 0.1) is 0 Å². The SMILES string of the molecule is CCCCN(CC)c1nc(NCC)nc(N2CCCC2)n1. The van der Waals surface area contributed by atoms with Gasteiger partial charge in [0, 0.05) is 32.7 Å². The van der Waals surface area contributed by atoms with E-state index < -0.39 is 0 Å². The molecule has 1 fully saturated rings. The molecule has 1 N–H and O–H groups in total. The zero-order valence-corrected chi connectivity index (χ0v) is 13.6. The van der Waals surface area contributed by atoms with Crippen LogP contribution in [0.3, 0.4) is 0 Å². The van der Waals surface area contributed by atoms with Gasteiger partial charge in [-0.05, 0) is 33.1 Å². The highest BCUT2D eigenvalue weighted by Crippen LogP contribution is 2.20. The Morgan fingerprint density at radius 1 is 1.10 bits per heavy atom. The lowest BCUT2D eigenvalue weighted by atomic mass is 10.3. The lowest BCUT2D eigenvalue weighted by Crippen LogP contribution is -2.29. The summed E-state index contributed by atoms with van der Waals surface area (Å²) in [5, 5.41) is 3.23. The molecule has 1 saturated heterocycles. The van der Waals surface area contributed by atoms with Gasteiger partial charge in [-0.15, -0.1) is 0 Å². The fraction of sp³-hybridized carbons (Fsp3) is 0.800. The molecule has 0 spiro atoms. The number of rotatable bonds is 8. The van der Waals surface area contributed by atoms with Crippen molar-refractivity contribution in [2.45, 2.75) is 46.5 Å². The van der Waals surface area contributed by atoms with Crippen molar-refractivity contribution in [3.05, 3.63) is 0 Å². The normalized spacial score (nSPS) is 14.5. The molecule has 6 heteroatoms. The minimum absolute atomic E-state index is 0.694. The van der Waals surface area contributed by atoms with Gasteiger partial charge in [-0.3, -0.25) is 0 Å². The molecule has 0 unspecified atom stereocenters. The van der Waals surface area contributed by atoms with E-state index >= 15 is 0 Å². The van der Waals surface area contributed by atoms with Gasteiger partial charge in [0.1, 0.15) is 0 Å². The van der Waals surface area contributed by atoms with Gasteiger partial charge in [-0.2, -0.15) is 15.0 Å². The molecular formula is C15H28N6. The number of hydrogen-bond acceptors (Lipinski definition) is 6. The number of unbranched alkanes of at least 4 members (excludes halogenated alkanes) is 1. The van der Waals surface area contributed by atoms with Crippen LogP contribution in [0.1, 0.15) is 46.5 Å². The van der Waals surface area contributed by atoms with Crippen LogP contribution in [0.2, 0.25) is 0 Å². The first-order chi connectivity index (χ1) is 10.3. The van der Waals surface area contributed by atoms with E-state index in [1.807, 2.05) is 0 Å². The Labute approximate surface area is 128 Å². The number of nitrogens with one attached hydrogen (secondary N) is 1. The summed E-state index contributed by atoms with van der Waals surface area (Å²) in [4.78, 5) is 18.4. The highest BCUT2D eigenvalue weighted by atomic mass is 15.4. The van der Waals surface area contributed by atoms with Crippen molar-refractivity contribution in [3.63, 3.8) is 0 Å². The molecule has 0 amide bonds. The first-order valence-electron chi connectivity index (χ1n) is 8.28. The van der Waals surface area contributed by atoms with Crippen molar-refractivity contribution in [1.82, 2.24) is 15.0 Å². The molecule has 0 saturated carbocycles. The lowest BCUT2D eigenvalue weighted by molar-refractivity contribution is 0.709. The molecule has 1 aliphatic heterocycles. The third-order valence-electron chi connectivity index (χ3n) is 3.78. The first-order valence-corrected chi connectivity index (χ1v) is 8.28. The standard InChI is InChI=1S/C15H28N6/c1-4-7-10-20(6-3)14-17-13(16-5-2)18-15(19-14)21-11-8-9-12-21/h4-12H2,1-3H3,(H,16,17,18,19). The summed E-state index contributed by atoms with van der Waals surface area (Å²) in [5.74, 6) is 2.32. The van der Waals surface area contributed by atoms with Crippen molar-refractivity contribution < 1.29 is 0 Å². The molecule has 0 bridgehead atoms. The Balaban J connectivity index is 2.24. The van der Waals surface area contributed by atoms with E-state index in [2.05, 4.69) is 45.9 Å². The summed E-state index contributed by atoms with van der Waals surface area (Å²) in [6.45, 7) is 11.3. The summed E-state index contributed by atoms with van der Waals surface area (Å²) in [6, 6.07) is 0. The summed E-state index contributed by atoms with van der Waals surface area (Å²) in [6.07, 6.45) is 4.80. The molecule has 2 rings (SSSR count). The maximum Gasteiger partial charge on any atom is 0.231 e. The Morgan fingerprint density at radius 3 is 2.48 bits per heavy atom. The van der Waals surface area contributed by atoms with Crippen molar-refractivity contribution in [1.29, 1.82) is 0 Å². The summed E-state index contributed by atoms with van der Waals surface area (Å²) in [7, 11) is 0. The van der Waals surface area contributed by atoms with Crippen LogP contribution in [0.15, 0.2) is 0 Å². The Kier molecular flexibility index (Phi) is 6.02. The van der Waals surface area contributed by atoms with E-state index in [-0.39, 0.29) is 0 Å². The van der Waals surface area contributed by atoms with Crippen molar-refractivity contribution >= 4 is 17.8 Å². The molecule has 118 valence electrons. The molecule has 1 aliphatic rings. The second-order valence-electron chi connectivity index (χ2n) is 5.42. The van der Waals surface area contributed by atoms with E-state index in [0.717, 1.165) is 51.0 Å². The maximum atomic E-state index is 4.71. The summed E-state index contributed by atoms with van der Waals surface area (Å²) < 4.78 is 0. The van der Waals surface area contributed by atoms with Crippen LogP contribution >= 0.6 is 0 Å². The lowest BCUT2D eigenvalue weighted by Gasteiger charge is -2.23. The molecular weight excluding hydrogens is 264 g/mol. The second kappa shape index (κ2) is 8.00. The van der Waals surface area contributed by atoms with Crippen molar-refractivity contribution in [3.8, 4) is 0 Å². The zero-order chi connectivity index (χ0) is 15.1. The van der Waals surface area contributed by atoms with Gasteiger partial charge in [-0.25, -0.2) is 0 Å². The molecule has 0 aromatic carbocycles. The van der Waals surface area contributed by atoms with E-state index in [9.17, 15) is 0 Å². The van der Waals surface area contributed by atoms with Crippen LogP contribution in [0.4, 0.5) is 17.8 Å². The van der Waals surface area contributed by atoms with Crippen molar-refractivity contribution in [2.75, 3.05) is 47.8 Å². The Hall–Kier alpha value is -1.59. The number of nitrogens with zero attached hydrogens (tertiary/aromatic N) is 5. The Morgan fingerprint density at radius 2 is 1.86 bits per heavy atom. The number of aromatic nitrogens is 3. The molecule has 0 aliphatic carbocycles. The topological polar surface area (TPSA) is 57.2 Å². The highest BCUT2D eigenvalue weighted by molar-refractivity contribution is 5.45. The van der Waals surface area contributed by atoms with Gasteiger partial charge < -0.3 is 15.1 Å². The predicted octanol–water partition coefficient (Wildman–Crippen LogP) is 2.53. The quantitative estimate of drug-likeness (QED) is 0.794. The monoisotopic (exact) mass is 292 g/mol. The third-order valence-corrected chi connectivity index (χ3v) is 3.78. The molecule has 1 aromatic heterocycles. The summed E-state index contributed by atoms with van der Waals surface area (Å²) in [5.41, 5.74) is 0. The average Bonchev–Trinajstić information content (AvgIpc) is 3.02. The molecule has 21 heavy (non-hydrogen) atoms. The fourth-order valence-electron chi connectivity index (χ4n) is 2.54. The van der Waals surface area contributed by atoms with Crippen LogP contribution in [-0.2, 0) is 0 Å². The zero-order valence-electron chi connectivity index (χ0n) is 13.6. The minimum Gasteiger partial charge on any atom is -0.354 e. The van der Waals surface area contributed by atoms with Gasteiger partial charge in [0.25, 0.3) is 0 Å². The Bertz CT molecular complexity index is 430. The predicted molar refractivity (Wildman–Crippen MR) is 88.2 cm³/mol. The van der Waals surface area contributed by atoms with Crippen LogP contribution < -0.4 is 15.1 Å². The van der Waals surface area contributed by atoms with E-state index in [0.29, 0.717) is 5.95 Å². The molecule has 6 nitrogen and oxygen atoms in total. The van der Waals surface area contributed by atoms with Crippen LogP contribution in [0, 0.1) is 0 Å². The van der Waals surface area contributed by atoms with Crippen LogP contribution in [-0.4, -0.2) is 47.7 Å². The molecule has 1 aromatic rings. The highest BCUT2D eigenvalue weighted by Gasteiger charge is 2.19. The number of anilines is 3. The molecule has 0 atom stereocenters. The summed E-state index contributed by atoms with van der Waals surface area (Å²) >= 11 is 0. The maximum absolute atomic E-state index is 4.71. The van der Waals surface area contributed by atoms with Crippen LogP contribution in [0.5, 0.6) is 0 Å². The second-order valence-corrected chi connectivity index (χ2v) is 5.42. The third kappa shape index (κ3) is 4.19. The van der Waals surface area contributed by atoms with E-state index in [1.54, 1.807) is 0 Å². The average molecular weight is 292 g/mol. The van der Waals surface area contributed by atoms with Crippen molar-refractivity contribution in [2.24, 2.45) is 0 Å². The van der Waals surface area contributed by atoms with Gasteiger partial charge in [0.2, 0.25) is 17.8 Å². The van der Waals surface area contributed by atoms with Gasteiger partial charge in [0.15, 0.2) is 0 Å². The smallest absolute Gasteiger partial charge is 0.231 e. The van der Waals surface area contributed by atoms with Crippen LogP contribution in [0.25, 0.3) is 0 Å². The molecule has 0 radical (unpaired) electrons. The van der Waals surface area contributed by atoms with E-state index in [1.165, 1.54) is 19.3 Å². The molecule has 2 heterocycles. The van der Waals surface area contributed by atoms with Gasteiger partial charge >= 0.3 is 0 Å².